The summed E-state index contributed by atoms with van der Waals surface area (Å²) in [6.07, 6.45) is 4.08. The van der Waals surface area contributed by atoms with E-state index in [0.29, 0.717) is 5.92 Å². The summed E-state index contributed by atoms with van der Waals surface area (Å²) in [6, 6.07) is 7.12. The zero-order valence-corrected chi connectivity index (χ0v) is 13.3. The summed E-state index contributed by atoms with van der Waals surface area (Å²) in [6.45, 7) is 14.0. The van der Waals surface area contributed by atoms with Crippen molar-refractivity contribution in [1.29, 1.82) is 0 Å². The summed E-state index contributed by atoms with van der Waals surface area (Å²) < 4.78 is 0. The van der Waals surface area contributed by atoms with Gasteiger partial charge in [0.15, 0.2) is 0 Å². The summed E-state index contributed by atoms with van der Waals surface area (Å²) in [5.74, 6) is 0.603. The van der Waals surface area contributed by atoms with Crippen LogP contribution in [0.1, 0.15) is 70.9 Å². The van der Waals surface area contributed by atoms with Gasteiger partial charge < -0.3 is 4.90 Å². The van der Waals surface area contributed by atoms with Crippen molar-refractivity contribution in [3.05, 3.63) is 29.3 Å². The molecule has 0 aromatic heterocycles. The molecule has 1 nitrogen and oxygen atoms in total. The second kappa shape index (κ2) is 5.56. The van der Waals surface area contributed by atoms with Crippen LogP contribution in [0.5, 0.6) is 0 Å². The molecule has 0 atom stereocenters. The van der Waals surface area contributed by atoms with Crippen LogP contribution in [0.25, 0.3) is 0 Å². The largest absolute Gasteiger partial charge is 0.371 e. The molecule has 0 spiro atoms. The van der Waals surface area contributed by atoms with Crippen LogP contribution in [0, 0.1) is 0 Å². The van der Waals surface area contributed by atoms with Crippen LogP contribution in [0.3, 0.4) is 0 Å². The maximum Gasteiger partial charge on any atom is 0.0404 e. The van der Waals surface area contributed by atoms with Crippen LogP contribution in [0.4, 0.5) is 5.69 Å². The molecule has 0 bridgehead atoms. The zero-order valence-electron chi connectivity index (χ0n) is 13.3. The molecule has 0 amide bonds. The Bertz CT molecular complexity index is 420. The van der Waals surface area contributed by atoms with Crippen LogP contribution >= 0.6 is 0 Å². The van der Waals surface area contributed by atoms with Gasteiger partial charge in [0.1, 0.15) is 0 Å². The Labute approximate surface area is 119 Å². The van der Waals surface area contributed by atoms with Gasteiger partial charge in [-0.1, -0.05) is 46.8 Å². The highest BCUT2D eigenvalue weighted by atomic mass is 15.1. The molecular formula is C18H29N. The van der Waals surface area contributed by atoms with Crippen molar-refractivity contribution in [2.75, 3.05) is 18.0 Å². The topological polar surface area (TPSA) is 3.24 Å². The van der Waals surface area contributed by atoms with E-state index in [-0.39, 0.29) is 5.41 Å². The first-order valence-electron chi connectivity index (χ1n) is 7.79. The Morgan fingerprint density at radius 3 is 2.16 bits per heavy atom. The molecule has 1 aliphatic rings. The van der Waals surface area contributed by atoms with Gasteiger partial charge in [-0.15, -0.1) is 0 Å². The third kappa shape index (κ3) is 3.32. The first kappa shape index (κ1) is 14.4. The zero-order chi connectivity index (χ0) is 14.0. The van der Waals surface area contributed by atoms with E-state index in [1.165, 1.54) is 49.2 Å². The third-order valence-electron chi connectivity index (χ3n) is 4.22. The lowest BCUT2D eigenvalue weighted by Crippen LogP contribution is -2.30. The molecule has 1 heteroatoms. The van der Waals surface area contributed by atoms with Crippen LogP contribution in [-0.2, 0) is 5.41 Å². The monoisotopic (exact) mass is 259 g/mol. The molecule has 0 aliphatic carbocycles. The fourth-order valence-electron chi connectivity index (χ4n) is 2.91. The molecule has 1 heterocycles. The van der Waals surface area contributed by atoms with Gasteiger partial charge in [-0.2, -0.15) is 0 Å². The number of piperidine rings is 1. The van der Waals surface area contributed by atoms with E-state index in [9.17, 15) is 0 Å². The first-order valence-corrected chi connectivity index (χ1v) is 7.79. The number of nitrogens with zero attached hydrogens (tertiary/aromatic N) is 1. The normalized spacial score (nSPS) is 17.1. The van der Waals surface area contributed by atoms with Crippen molar-refractivity contribution in [2.24, 2.45) is 0 Å². The van der Waals surface area contributed by atoms with Gasteiger partial charge >= 0.3 is 0 Å². The first-order chi connectivity index (χ1) is 8.89. The lowest BCUT2D eigenvalue weighted by atomic mass is 9.84. The Balaban J connectivity index is 2.41. The summed E-state index contributed by atoms with van der Waals surface area (Å²) >= 11 is 0. The fraction of sp³-hybridized carbons (Fsp3) is 0.667. The van der Waals surface area contributed by atoms with Crippen molar-refractivity contribution in [2.45, 2.75) is 65.2 Å². The van der Waals surface area contributed by atoms with Crippen molar-refractivity contribution >= 4 is 5.69 Å². The Hall–Kier alpha value is -0.980. The van der Waals surface area contributed by atoms with E-state index < -0.39 is 0 Å². The predicted molar refractivity (Wildman–Crippen MR) is 85.3 cm³/mol. The Morgan fingerprint density at radius 2 is 1.63 bits per heavy atom. The quantitative estimate of drug-likeness (QED) is 0.714. The summed E-state index contributed by atoms with van der Waals surface area (Å²) in [5, 5.41) is 0. The van der Waals surface area contributed by atoms with Crippen molar-refractivity contribution < 1.29 is 0 Å². The molecular weight excluding hydrogens is 230 g/mol. The minimum atomic E-state index is 0.236. The highest BCUT2D eigenvalue weighted by molar-refractivity contribution is 5.58. The third-order valence-corrected chi connectivity index (χ3v) is 4.22. The van der Waals surface area contributed by atoms with Gasteiger partial charge in [0, 0.05) is 18.8 Å². The van der Waals surface area contributed by atoms with Crippen molar-refractivity contribution in [1.82, 2.24) is 0 Å². The lowest BCUT2D eigenvalue weighted by molar-refractivity contribution is 0.569. The van der Waals surface area contributed by atoms with E-state index in [4.69, 9.17) is 0 Å². The minimum absolute atomic E-state index is 0.236. The standard InChI is InChI=1S/C18H29N/c1-14(2)16-10-9-15(18(3,4)5)13-17(16)19-11-7-6-8-12-19/h9-10,13-14H,6-8,11-12H2,1-5H3. The van der Waals surface area contributed by atoms with Crippen molar-refractivity contribution in [3.63, 3.8) is 0 Å². The van der Waals surface area contributed by atoms with E-state index in [0.717, 1.165) is 0 Å². The SMILES string of the molecule is CC(C)c1ccc(C(C)(C)C)cc1N1CCCCC1. The highest BCUT2D eigenvalue weighted by Gasteiger charge is 2.20. The number of benzene rings is 1. The summed E-state index contributed by atoms with van der Waals surface area (Å²) in [5.41, 5.74) is 4.69. The van der Waals surface area contributed by atoms with Gasteiger partial charge in [0.05, 0.1) is 0 Å². The van der Waals surface area contributed by atoms with E-state index in [1.807, 2.05) is 0 Å². The average Bonchev–Trinajstić information content (AvgIpc) is 2.38. The maximum atomic E-state index is 2.61. The predicted octanol–water partition coefficient (Wildman–Crippen LogP) is 5.10. The number of hydrogen-bond acceptors (Lipinski definition) is 1. The Morgan fingerprint density at radius 1 is 1.00 bits per heavy atom. The van der Waals surface area contributed by atoms with Gasteiger partial charge in [-0.25, -0.2) is 0 Å². The van der Waals surface area contributed by atoms with E-state index in [2.05, 4.69) is 57.7 Å². The Kier molecular flexibility index (Phi) is 4.23. The highest BCUT2D eigenvalue weighted by Crippen LogP contribution is 2.34. The average molecular weight is 259 g/mol. The van der Waals surface area contributed by atoms with Gasteiger partial charge in [0.2, 0.25) is 0 Å². The summed E-state index contributed by atoms with van der Waals surface area (Å²) in [4.78, 5) is 2.61. The van der Waals surface area contributed by atoms with Crippen LogP contribution < -0.4 is 4.90 Å². The van der Waals surface area contributed by atoms with Crippen LogP contribution in [0.2, 0.25) is 0 Å². The second-order valence-electron chi connectivity index (χ2n) is 7.23. The molecule has 1 saturated heterocycles. The molecule has 2 rings (SSSR count). The molecule has 0 N–H and O–H groups in total. The number of anilines is 1. The van der Waals surface area contributed by atoms with Crippen LogP contribution in [-0.4, -0.2) is 13.1 Å². The summed E-state index contributed by atoms with van der Waals surface area (Å²) in [7, 11) is 0. The number of rotatable bonds is 2. The minimum Gasteiger partial charge on any atom is -0.371 e. The molecule has 1 aromatic rings. The van der Waals surface area contributed by atoms with Gasteiger partial charge in [0.25, 0.3) is 0 Å². The van der Waals surface area contributed by atoms with Gasteiger partial charge in [-0.3, -0.25) is 0 Å². The van der Waals surface area contributed by atoms with E-state index in [1.54, 1.807) is 0 Å². The maximum absolute atomic E-state index is 2.61. The molecule has 0 unspecified atom stereocenters. The molecule has 1 fully saturated rings. The smallest absolute Gasteiger partial charge is 0.0404 e. The molecule has 1 aromatic carbocycles. The lowest BCUT2D eigenvalue weighted by Gasteiger charge is -2.33. The van der Waals surface area contributed by atoms with Crippen molar-refractivity contribution in [3.8, 4) is 0 Å². The number of hydrogen-bond donors (Lipinski definition) is 0. The molecule has 1 aliphatic heterocycles. The van der Waals surface area contributed by atoms with E-state index >= 15 is 0 Å². The molecule has 0 radical (unpaired) electrons. The molecule has 106 valence electrons. The molecule has 0 saturated carbocycles. The fourth-order valence-corrected chi connectivity index (χ4v) is 2.91. The molecule has 19 heavy (non-hydrogen) atoms. The van der Waals surface area contributed by atoms with Gasteiger partial charge in [-0.05, 0) is 47.8 Å². The van der Waals surface area contributed by atoms with Crippen LogP contribution in [0.15, 0.2) is 18.2 Å². The second-order valence-corrected chi connectivity index (χ2v) is 7.23.